The molecular formula is C18H19Cl2FN2O4S. The molecule has 0 aliphatic carbocycles. The number of carbonyl (C=O) groups is 1. The number of halogens is 3. The van der Waals surface area contributed by atoms with Crippen molar-refractivity contribution >= 4 is 39.1 Å². The molecule has 28 heavy (non-hydrogen) atoms. The Hall–Kier alpha value is -1.87. The molecule has 0 saturated carbocycles. The Kier molecular flexibility index (Phi) is 8.06. The molecule has 0 unspecified atom stereocenters. The first-order valence-electron chi connectivity index (χ1n) is 8.33. The minimum atomic E-state index is -4.15. The average molecular weight is 449 g/mol. The summed E-state index contributed by atoms with van der Waals surface area (Å²) >= 11 is 11.8. The van der Waals surface area contributed by atoms with Crippen LogP contribution in [0.5, 0.6) is 5.75 Å². The number of benzene rings is 2. The van der Waals surface area contributed by atoms with Crippen LogP contribution in [0.2, 0.25) is 10.0 Å². The van der Waals surface area contributed by atoms with E-state index in [4.69, 9.17) is 27.9 Å². The van der Waals surface area contributed by atoms with E-state index in [1.807, 2.05) is 0 Å². The van der Waals surface area contributed by atoms with Crippen molar-refractivity contribution in [3.8, 4) is 5.75 Å². The zero-order chi connectivity index (χ0) is 20.7. The van der Waals surface area contributed by atoms with Crippen molar-refractivity contribution in [3.63, 3.8) is 0 Å². The third kappa shape index (κ3) is 6.34. The van der Waals surface area contributed by atoms with Gasteiger partial charge in [-0.15, -0.1) is 0 Å². The van der Waals surface area contributed by atoms with Gasteiger partial charge in [0.25, 0.3) is 0 Å². The highest BCUT2D eigenvalue weighted by Gasteiger charge is 2.24. The van der Waals surface area contributed by atoms with Crippen LogP contribution in [0, 0.1) is 5.82 Å². The van der Waals surface area contributed by atoms with E-state index in [2.05, 4.69) is 10.0 Å². The van der Waals surface area contributed by atoms with Crippen LogP contribution in [0.3, 0.4) is 0 Å². The third-order valence-corrected chi connectivity index (χ3v) is 5.73. The van der Waals surface area contributed by atoms with E-state index < -0.39 is 32.7 Å². The SMILES string of the molecule is C[C@H](NS(=O)(=O)c1ccccc1F)C(=O)NCCCOc1ccc(Cl)cc1Cl. The summed E-state index contributed by atoms with van der Waals surface area (Å²) in [5.41, 5.74) is 0. The van der Waals surface area contributed by atoms with Crippen molar-refractivity contribution in [2.45, 2.75) is 24.3 Å². The summed E-state index contributed by atoms with van der Waals surface area (Å²) in [5, 5.41) is 3.47. The molecule has 10 heteroatoms. The molecule has 0 bridgehead atoms. The molecule has 1 amide bonds. The molecule has 1 atom stereocenters. The fourth-order valence-electron chi connectivity index (χ4n) is 2.22. The molecule has 0 radical (unpaired) electrons. The summed E-state index contributed by atoms with van der Waals surface area (Å²) < 4.78 is 45.7. The number of nitrogens with one attached hydrogen (secondary N) is 2. The number of sulfonamides is 1. The van der Waals surface area contributed by atoms with Gasteiger partial charge >= 0.3 is 0 Å². The molecule has 0 fully saturated rings. The van der Waals surface area contributed by atoms with Gasteiger partial charge in [-0.3, -0.25) is 4.79 Å². The largest absolute Gasteiger partial charge is 0.492 e. The highest BCUT2D eigenvalue weighted by Crippen LogP contribution is 2.27. The van der Waals surface area contributed by atoms with Crippen LogP contribution >= 0.6 is 23.2 Å². The Morgan fingerprint density at radius 2 is 1.93 bits per heavy atom. The number of hydrogen-bond acceptors (Lipinski definition) is 4. The molecule has 0 heterocycles. The summed E-state index contributed by atoms with van der Waals surface area (Å²) in [6.45, 7) is 1.92. The topological polar surface area (TPSA) is 84.5 Å². The van der Waals surface area contributed by atoms with E-state index in [0.717, 1.165) is 12.1 Å². The highest BCUT2D eigenvalue weighted by molar-refractivity contribution is 7.89. The van der Waals surface area contributed by atoms with Crippen molar-refractivity contribution in [1.29, 1.82) is 0 Å². The first-order valence-corrected chi connectivity index (χ1v) is 10.6. The second-order valence-electron chi connectivity index (χ2n) is 5.84. The van der Waals surface area contributed by atoms with E-state index in [-0.39, 0.29) is 13.2 Å². The van der Waals surface area contributed by atoms with Gasteiger partial charge in [0, 0.05) is 11.6 Å². The smallest absolute Gasteiger partial charge is 0.244 e. The predicted molar refractivity (Wildman–Crippen MR) is 106 cm³/mol. The molecular weight excluding hydrogens is 430 g/mol. The number of carbonyl (C=O) groups excluding carboxylic acids is 1. The zero-order valence-electron chi connectivity index (χ0n) is 14.9. The quantitative estimate of drug-likeness (QED) is 0.575. The van der Waals surface area contributed by atoms with E-state index in [0.29, 0.717) is 22.2 Å². The second-order valence-corrected chi connectivity index (χ2v) is 8.37. The van der Waals surface area contributed by atoms with Gasteiger partial charge in [-0.25, -0.2) is 12.8 Å². The highest BCUT2D eigenvalue weighted by atomic mass is 35.5. The molecule has 0 saturated heterocycles. The lowest BCUT2D eigenvalue weighted by Crippen LogP contribution is -2.45. The molecule has 0 aliphatic heterocycles. The first-order chi connectivity index (χ1) is 13.2. The predicted octanol–water partition coefficient (Wildman–Crippen LogP) is 3.38. The van der Waals surface area contributed by atoms with Crippen LogP contribution < -0.4 is 14.8 Å². The molecule has 0 aromatic heterocycles. The summed E-state index contributed by atoms with van der Waals surface area (Å²) in [5.74, 6) is -0.950. The summed E-state index contributed by atoms with van der Waals surface area (Å²) in [6, 6.07) is 8.71. The van der Waals surface area contributed by atoms with Crippen LogP contribution in [0.25, 0.3) is 0 Å². The second kappa shape index (κ2) is 10.1. The Morgan fingerprint density at radius 3 is 2.61 bits per heavy atom. The van der Waals surface area contributed by atoms with Crippen molar-refractivity contribution < 1.29 is 22.3 Å². The normalized spacial score (nSPS) is 12.4. The van der Waals surface area contributed by atoms with Crippen LogP contribution in [-0.2, 0) is 14.8 Å². The van der Waals surface area contributed by atoms with Gasteiger partial charge in [0.15, 0.2) is 0 Å². The van der Waals surface area contributed by atoms with Crippen molar-refractivity contribution in [1.82, 2.24) is 10.0 Å². The van der Waals surface area contributed by atoms with Gasteiger partial charge in [-0.05, 0) is 43.7 Å². The van der Waals surface area contributed by atoms with E-state index in [9.17, 15) is 17.6 Å². The fourth-order valence-corrected chi connectivity index (χ4v) is 3.97. The molecule has 0 spiro atoms. The molecule has 2 aromatic carbocycles. The summed E-state index contributed by atoms with van der Waals surface area (Å²) in [4.78, 5) is 11.5. The maximum absolute atomic E-state index is 13.7. The lowest BCUT2D eigenvalue weighted by molar-refractivity contribution is -0.122. The van der Waals surface area contributed by atoms with Crippen LogP contribution in [0.1, 0.15) is 13.3 Å². The van der Waals surface area contributed by atoms with Crippen molar-refractivity contribution in [2.75, 3.05) is 13.2 Å². The maximum atomic E-state index is 13.7. The minimum Gasteiger partial charge on any atom is -0.492 e. The Bertz CT molecular complexity index is 941. The molecule has 2 aromatic rings. The summed E-state index contributed by atoms with van der Waals surface area (Å²) in [6.07, 6.45) is 0.470. The minimum absolute atomic E-state index is 0.260. The lowest BCUT2D eigenvalue weighted by atomic mass is 10.3. The lowest BCUT2D eigenvalue weighted by Gasteiger charge is -2.15. The average Bonchev–Trinajstić information content (AvgIpc) is 2.62. The third-order valence-electron chi connectivity index (χ3n) is 3.62. The molecule has 0 aliphatic rings. The molecule has 152 valence electrons. The molecule has 2 N–H and O–H groups in total. The van der Waals surface area contributed by atoms with Crippen LogP contribution in [0.4, 0.5) is 4.39 Å². The van der Waals surface area contributed by atoms with E-state index >= 15 is 0 Å². The molecule has 6 nitrogen and oxygen atoms in total. The van der Waals surface area contributed by atoms with E-state index in [1.165, 1.54) is 19.1 Å². The number of ether oxygens (including phenoxy) is 1. The summed E-state index contributed by atoms with van der Waals surface area (Å²) in [7, 11) is -4.15. The van der Waals surface area contributed by atoms with Gasteiger partial charge in [0.2, 0.25) is 15.9 Å². The maximum Gasteiger partial charge on any atom is 0.244 e. The zero-order valence-corrected chi connectivity index (χ0v) is 17.2. The van der Waals surface area contributed by atoms with Crippen LogP contribution in [0.15, 0.2) is 47.4 Å². The Labute approximate surface area is 173 Å². The standard InChI is InChI=1S/C18H19Cl2FN2O4S/c1-12(23-28(25,26)17-6-3-2-5-15(17)21)18(24)22-9-4-10-27-16-8-7-13(19)11-14(16)20/h2-3,5-8,11-12,23H,4,9-10H2,1H3,(H,22,24)/t12-/m0/s1. The number of rotatable bonds is 9. The van der Waals surface area contributed by atoms with Gasteiger partial charge < -0.3 is 10.1 Å². The van der Waals surface area contributed by atoms with Gasteiger partial charge in [0.1, 0.15) is 16.5 Å². The van der Waals surface area contributed by atoms with Crippen molar-refractivity contribution in [2.24, 2.45) is 0 Å². The van der Waals surface area contributed by atoms with Gasteiger partial charge in [-0.2, -0.15) is 4.72 Å². The Balaban J connectivity index is 1.77. The first kappa shape index (κ1) is 22.4. The monoisotopic (exact) mass is 448 g/mol. The van der Waals surface area contributed by atoms with E-state index in [1.54, 1.807) is 18.2 Å². The number of amides is 1. The van der Waals surface area contributed by atoms with Crippen LogP contribution in [-0.4, -0.2) is 33.5 Å². The van der Waals surface area contributed by atoms with Gasteiger partial charge in [0.05, 0.1) is 17.7 Å². The fraction of sp³-hybridized carbons (Fsp3) is 0.278. The number of hydrogen-bond donors (Lipinski definition) is 2. The molecule has 2 rings (SSSR count). The Morgan fingerprint density at radius 1 is 1.21 bits per heavy atom. The van der Waals surface area contributed by atoms with Gasteiger partial charge in [-0.1, -0.05) is 35.3 Å². The van der Waals surface area contributed by atoms with Crippen molar-refractivity contribution in [3.05, 3.63) is 58.3 Å².